The summed E-state index contributed by atoms with van der Waals surface area (Å²) in [4.78, 5) is 25.2. The minimum atomic E-state index is -0.667. The number of ether oxygens (including phenoxy) is 1. The van der Waals surface area contributed by atoms with E-state index >= 15 is 0 Å². The van der Waals surface area contributed by atoms with E-state index in [4.69, 9.17) is 4.74 Å². The summed E-state index contributed by atoms with van der Waals surface area (Å²) in [6, 6.07) is 13.1. The van der Waals surface area contributed by atoms with Crippen LogP contribution in [0.4, 0.5) is 5.69 Å². The van der Waals surface area contributed by atoms with Crippen LogP contribution in [0.3, 0.4) is 0 Å². The third-order valence-corrected chi connectivity index (χ3v) is 5.27. The van der Waals surface area contributed by atoms with E-state index in [-0.39, 0.29) is 11.8 Å². The fourth-order valence-electron chi connectivity index (χ4n) is 3.60. The number of hydrogen-bond donors (Lipinski definition) is 2. The van der Waals surface area contributed by atoms with E-state index in [1.165, 1.54) is 17.5 Å². The van der Waals surface area contributed by atoms with Crippen LogP contribution < -0.4 is 15.4 Å². The molecule has 0 radical (unpaired) electrons. The van der Waals surface area contributed by atoms with Crippen LogP contribution in [0.15, 0.2) is 42.5 Å². The van der Waals surface area contributed by atoms with Crippen molar-refractivity contribution in [2.75, 3.05) is 11.9 Å². The van der Waals surface area contributed by atoms with Gasteiger partial charge in [0.2, 0.25) is 0 Å². The Balaban J connectivity index is 1.67. The van der Waals surface area contributed by atoms with Gasteiger partial charge in [0.15, 0.2) is 6.10 Å². The zero-order valence-corrected chi connectivity index (χ0v) is 17.3. The van der Waals surface area contributed by atoms with Crippen molar-refractivity contribution in [2.45, 2.75) is 58.5 Å². The molecule has 0 spiro atoms. The first kappa shape index (κ1) is 20.9. The van der Waals surface area contributed by atoms with Gasteiger partial charge in [0.25, 0.3) is 11.8 Å². The predicted octanol–water partition coefficient (Wildman–Crippen LogP) is 4.50. The van der Waals surface area contributed by atoms with Gasteiger partial charge in [0.1, 0.15) is 5.75 Å². The van der Waals surface area contributed by atoms with Crippen LogP contribution in [0.5, 0.6) is 5.75 Å². The Morgan fingerprint density at radius 1 is 1.07 bits per heavy atom. The van der Waals surface area contributed by atoms with Crippen LogP contribution in [0.2, 0.25) is 0 Å². The molecule has 0 bridgehead atoms. The maximum atomic E-state index is 12.8. The molecule has 154 valence electrons. The first-order valence-electron chi connectivity index (χ1n) is 10.6. The van der Waals surface area contributed by atoms with Crippen molar-refractivity contribution in [1.82, 2.24) is 5.32 Å². The first-order chi connectivity index (χ1) is 14.1. The highest BCUT2D eigenvalue weighted by Gasteiger charge is 2.21. The molecule has 1 aliphatic rings. The fourth-order valence-corrected chi connectivity index (χ4v) is 3.60. The van der Waals surface area contributed by atoms with E-state index in [0.717, 1.165) is 37.9 Å². The third kappa shape index (κ3) is 5.37. The zero-order chi connectivity index (χ0) is 20.6. The van der Waals surface area contributed by atoms with Crippen LogP contribution in [0.25, 0.3) is 0 Å². The summed E-state index contributed by atoms with van der Waals surface area (Å²) in [6.45, 7) is 4.43. The number of rotatable bonds is 8. The molecule has 2 aromatic carbocycles. The molecule has 5 nitrogen and oxygen atoms in total. The molecule has 1 aliphatic carbocycles. The zero-order valence-electron chi connectivity index (χ0n) is 17.3. The number of carbonyl (C=O) groups excluding carboxylic acids is 2. The van der Waals surface area contributed by atoms with Crippen molar-refractivity contribution < 1.29 is 14.3 Å². The number of benzene rings is 2. The monoisotopic (exact) mass is 394 g/mol. The summed E-state index contributed by atoms with van der Waals surface area (Å²) in [5.41, 5.74) is 3.49. The second-order valence-electron chi connectivity index (χ2n) is 7.51. The molecule has 29 heavy (non-hydrogen) atoms. The Morgan fingerprint density at radius 2 is 1.86 bits per heavy atom. The predicted molar refractivity (Wildman–Crippen MR) is 115 cm³/mol. The average molecular weight is 395 g/mol. The number of unbranched alkanes of at least 4 members (excludes halogenated alkanes) is 1. The smallest absolute Gasteiger partial charge is 0.265 e. The van der Waals surface area contributed by atoms with Gasteiger partial charge >= 0.3 is 0 Å². The Morgan fingerprint density at radius 3 is 2.69 bits per heavy atom. The Labute approximate surface area is 172 Å². The van der Waals surface area contributed by atoms with Crippen LogP contribution in [0, 0.1) is 0 Å². The van der Waals surface area contributed by atoms with Gasteiger partial charge in [-0.2, -0.15) is 0 Å². The summed E-state index contributed by atoms with van der Waals surface area (Å²) < 4.78 is 6.01. The SMILES string of the molecule is CCCCNC(=O)c1ccccc1NC(=O)[C@@H](C)Oc1cccc2c1CCCC2. The summed E-state index contributed by atoms with van der Waals surface area (Å²) in [5.74, 6) is 0.336. The van der Waals surface area contributed by atoms with E-state index in [1.54, 1.807) is 31.2 Å². The van der Waals surface area contributed by atoms with E-state index in [0.29, 0.717) is 17.8 Å². The van der Waals surface area contributed by atoms with Crippen molar-refractivity contribution >= 4 is 17.5 Å². The lowest BCUT2D eigenvalue weighted by atomic mass is 9.91. The lowest BCUT2D eigenvalue weighted by Crippen LogP contribution is -2.32. The Kier molecular flexibility index (Phi) is 7.28. The van der Waals surface area contributed by atoms with Gasteiger partial charge in [-0.1, -0.05) is 37.6 Å². The molecule has 0 fully saturated rings. The summed E-state index contributed by atoms with van der Waals surface area (Å²) in [6.07, 6.45) is 5.66. The van der Waals surface area contributed by atoms with E-state index in [2.05, 4.69) is 23.6 Å². The molecule has 2 amide bonds. The Bertz CT molecular complexity index is 863. The number of aryl methyl sites for hydroxylation is 1. The van der Waals surface area contributed by atoms with Crippen LogP contribution >= 0.6 is 0 Å². The Hall–Kier alpha value is -2.82. The number of carbonyl (C=O) groups is 2. The van der Waals surface area contributed by atoms with Gasteiger partial charge in [-0.3, -0.25) is 9.59 Å². The minimum Gasteiger partial charge on any atom is -0.481 e. The van der Waals surface area contributed by atoms with Crippen LogP contribution in [-0.2, 0) is 17.6 Å². The molecule has 0 saturated carbocycles. The van der Waals surface area contributed by atoms with E-state index in [9.17, 15) is 9.59 Å². The molecule has 0 saturated heterocycles. The van der Waals surface area contributed by atoms with Crippen LogP contribution in [0.1, 0.15) is 61.0 Å². The lowest BCUT2D eigenvalue weighted by Gasteiger charge is -2.22. The van der Waals surface area contributed by atoms with Gasteiger partial charge in [0, 0.05) is 6.54 Å². The van der Waals surface area contributed by atoms with E-state index in [1.807, 2.05) is 12.1 Å². The van der Waals surface area contributed by atoms with Crippen molar-refractivity contribution in [3.8, 4) is 5.75 Å². The summed E-state index contributed by atoms with van der Waals surface area (Å²) in [7, 11) is 0. The summed E-state index contributed by atoms with van der Waals surface area (Å²) in [5, 5.41) is 5.75. The molecule has 3 rings (SSSR count). The quantitative estimate of drug-likeness (QED) is 0.648. The van der Waals surface area contributed by atoms with Gasteiger partial charge in [-0.15, -0.1) is 0 Å². The molecule has 0 heterocycles. The van der Waals surface area contributed by atoms with Crippen molar-refractivity contribution in [3.63, 3.8) is 0 Å². The molecular weight excluding hydrogens is 364 g/mol. The van der Waals surface area contributed by atoms with Crippen molar-refractivity contribution in [1.29, 1.82) is 0 Å². The maximum absolute atomic E-state index is 12.8. The third-order valence-electron chi connectivity index (χ3n) is 5.27. The average Bonchev–Trinajstić information content (AvgIpc) is 2.74. The van der Waals surface area contributed by atoms with E-state index < -0.39 is 6.10 Å². The second-order valence-corrected chi connectivity index (χ2v) is 7.51. The molecule has 0 aliphatic heterocycles. The molecule has 0 aromatic heterocycles. The van der Waals surface area contributed by atoms with Crippen LogP contribution in [-0.4, -0.2) is 24.5 Å². The maximum Gasteiger partial charge on any atom is 0.265 e. The molecular formula is C24H30N2O3. The van der Waals surface area contributed by atoms with Crippen molar-refractivity contribution in [3.05, 3.63) is 59.2 Å². The molecule has 2 aromatic rings. The highest BCUT2D eigenvalue weighted by molar-refractivity contribution is 6.04. The minimum absolute atomic E-state index is 0.181. The fraction of sp³-hybridized carbons (Fsp3) is 0.417. The van der Waals surface area contributed by atoms with Gasteiger partial charge in [0.05, 0.1) is 11.3 Å². The number of hydrogen-bond acceptors (Lipinski definition) is 3. The lowest BCUT2D eigenvalue weighted by molar-refractivity contribution is -0.122. The number of anilines is 1. The first-order valence-corrected chi connectivity index (χ1v) is 10.6. The van der Waals surface area contributed by atoms with Gasteiger partial charge in [-0.25, -0.2) is 0 Å². The molecule has 5 heteroatoms. The highest BCUT2D eigenvalue weighted by Crippen LogP contribution is 2.30. The second kappa shape index (κ2) is 10.1. The van der Waals surface area contributed by atoms with Crippen molar-refractivity contribution in [2.24, 2.45) is 0 Å². The molecule has 1 atom stereocenters. The highest BCUT2D eigenvalue weighted by atomic mass is 16.5. The number of para-hydroxylation sites is 1. The molecule has 0 unspecified atom stereocenters. The number of fused-ring (bicyclic) bond motifs is 1. The summed E-state index contributed by atoms with van der Waals surface area (Å²) >= 11 is 0. The largest absolute Gasteiger partial charge is 0.481 e. The van der Waals surface area contributed by atoms with Gasteiger partial charge < -0.3 is 15.4 Å². The number of nitrogens with one attached hydrogen (secondary N) is 2. The standard InChI is InChI=1S/C24H30N2O3/c1-3-4-16-25-24(28)20-13-7-8-14-21(20)26-23(27)17(2)29-22-15-9-11-18-10-5-6-12-19(18)22/h7-9,11,13-15,17H,3-6,10,12,16H2,1-2H3,(H,25,28)(H,26,27)/t17-/m1/s1. The number of amides is 2. The normalized spacial score (nSPS) is 13.9. The molecule has 2 N–H and O–H groups in total. The van der Waals surface area contributed by atoms with Gasteiger partial charge in [-0.05, 0) is 68.4 Å². The topological polar surface area (TPSA) is 67.4 Å².